The van der Waals surface area contributed by atoms with E-state index in [1.54, 1.807) is 46.1 Å². The van der Waals surface area contributed by atoms with E-state index in [2.05, 4.69) is 20.6 Å². The monoisotopic (exact) mass is 582 g/mol. The van der Waals surface area contributed by atoms with E-state index >= 15 is 0 Å². The number of aromatic nitrogens is 2. The van der Waals surface area contributed by atoms with Crippen LogP contribution in [0.25, 0.3) is 0 Å². The van der Waals surface area contributed by atoms with Gasteiger partial charge in [0.25, 0.3) is 5.91 Å². The number of piperidine rings is 1. The summed E-state index contributed by atoms with van der Waals surface area (Å²) < 4.78 is 7.38. The molecule has 3 aromatic rings. The molecule has 0 bridgehead atoms. The second kappa shape index (κ2) is 11.3. The first-order chi connectivity index (χ1) is 19.3. The molecule has 1 saturated heterocycles. The molecule has 2 aromatic carbocycles. The van der Waals surface area contributed by atoms with Crippen molar-refractivity contribution >= 4 is 52.4 Å². The minimum atomic E-state index is -0.448. The lowest BCUT2D eigenvalue weighted by molar-refractivity contribution is 0.0493. The summed E-state index contributed by atoms with van der Waals surface area (Å²) in [5.74, 6) is 1.46. The molecule has 2 fully saturated rings. The van der Waals surface area contributed by atoms with E-state index in [9.17, 15) is 9.59 Å². The third kappa shape index (κ3) is 5.92. The van der Waals surface area contributed by atoms with Crippen LogP contribution in [0.15, 0.2) is 42.6 Å². The summed E-state index contributed by atoms with van der Waals surface area (Å²) in [6.07, 6.45) is 5.65. The topological polar surface area (TPSA) is 91.7 Å². The predicted octanol–water partition coefficient (Wildman–Crippen LogP) is 5.73. The average Bonchev–Trinajstić information content (AvgIpc) is 3.72. The third-order valence-electron chi connectivity index (χ3n) is 7.84. The zero-order valence-corrected chi connectivity index (χ0v) is 23.8. The molecule has 1 aliphatic carbocycles. The van der Waals surface area contributed by atoms with Crippen molar-refractivity contribution in [1.29, 1.82) is 0 Å². The maximum atomic E-state index is 13.7. The number of fused-ring (bicyclic) bond motifs is 2. The van der Waals surface area contributed by atoms with Crippen molar-refractivity contribution in [3.8, 4) is 0 Å². The molecule has 9 nitrogen and oxygen atoms in total. The molecule has 3 heterocycles. The Hall–Kier alpha value is -3.27. The molecule has 2 N–H and O–H groups in total. The summed E-state index contributed by atoms with van der Waals surface area (Å²) in [6, 6.07) is 10.5. The highest BCUT2D eigenvalue weighted by atomic mass is 35.5. The lowest BCUT2D eigenvalue weighted by atomic mass is 10.1. The number of amides is 2. The van der Waals surface area contributed by atoms with E-state index in [0.29, 0.717) is 39.1 Å². The average molecular weight is 584 g/mol. The van der Waals surface area contributed by atoms with Gasteiger partial charge in [-0.25, -0.2) is 4.79 Å². The number of nitrogens with one attached hydrogen (secondary N) is 2. The van der Waals surface area contributed by atoms with Gasteiger partial charge in [-0.3, -0.25) is 9.48 Å². The molecule has 0 spiro atoms. The van der Waals surface area contributed by atoms with E-state index in [4.69, 9.17) is 27.9 Å². The Morgan fingerprint density at radius 3 is 2.65 bits per heavy atom. The molecule has 0 atom stereocenters. The lowest BCUT2D eigenvalue weighted by Gasteiger charge is -2.31. The normalized spacial score (nSPS) is 17.4. The van der Waals surface area contributed by atoms with Crippen LogP contribution >= 0.6 is 23.2 Å². The van der Waals surface area contributed by atoms with Gasteiger partial charge in [0, 0.05) is 54.4 Å². The van der Waals surface area contributed by atoms with Gasteiger partial charge in [0.15, 0.2) is 0 Å². The first-order valence-electron chi connectivity index (χ1n) is 13.7. The van der Waals surface area contributed by atoms with Crippen molar-refractivity contribution in [3.63, 3.8) is 0 Å². The van der Waals surface area contributed by atoms with Gasteiger partial charge in [-0.1, -0.05) is 29.3 Å². The van der Waals surface area contributed by atoms with Crippen LogP contribution in [0.1, 0.15) is 47.2 Å². The Bertz CT molecular complexity index is 1430. The van der Waals surface area contributed by atoms with Gasteiger partial charge in [-0.05, 0) is 67.5 Å². The summed E-state index contributed by atoms with van der Waals surface area (Å²) in [7, 11) is 1.84. The summed E-state index contributed by atoms with van der Waals surface area (Å²) in [4.78, 5) is 30.3. The molecule has 210 valence electrons. The smallest absolute Gasteiger partial charge is 0.407 e. The van der Waals surface area contributed by atoms with Crippen molar-refractivity contribution < 1.29 is 14.3 Å². The highest BCUT2D eigenvalue weighted by molar-refractivity contribution is 6.32. The molecule has 0 radical (unpaired) electrons. The summed E-state index contributed by atoms with van der Waals surface area (Å²) >= 11 is 12.8. The number of anilines is 3. The fourth-order valence-corrected chi connectivity index (χ4v) is 5.80. The SMILES string of the molecule is Cn1ncc2c1Nc1cc(Cl)ccc1N(C(=O)c1ccc(CNC(=O)OC3CCN(CC4CC4)CC3)c(Cl)c1)C2. The lowest BCUT2D eigenvalue weighted by Crippen LogP contribution is -2.40. The molecule has 1 aromatic heterocycles. The van der Waals surface area contributed by atoms with Crippen LogP contribution in [0.2, 0.25) is 10.0 Å². The van der Waals surface area contributed by atoms with Crippen LogP contribution in [-0.4, -0.2) is 52.4 Å². The molecule has 6 rings (SSSR count). The number of likely N-dealkylation sites (tertiary alicyclic amines) is 1. The number of benzene rings is 2. The molecule has 11 heteroatoms. The Morgan fingerprint density at radius 2 is 1.90 bits per heavy atom. The largest absolute Gasteiger partial charge is 0.446 e. The number of rotatable bonds is 6. The molecule has 40 heavy (non-hydrogen) atoms. The van der Waals surface area contributed by atoms with E-state index in [1.807, 2.05) is 13.1 Å². The Kier molecular flexibility index (Phi) is 7.61. The summed E-state index contributed by atoms with van der Waals surface area (Å²) in [5, 5.41) is 11.4. The van der Waals surface area contributed by atoms with Gasteiger partial charge < -0.3 is 25.2 Å². The van der Waals surface area contributed by atoms with Crippen molar-refractivity contribution in [2.75, 3.05) is 29.9 Å². The fraction of sp³-hybridized carbons (Fsp3) is 0.414. The molecular formula is C29H32Cl2N6O3. The van der Waals surface area contributed by atoms with Gasteiger partial charge in [0.1, 0.15) is 11.9 Å². The quantitative estimate of drug-likeness (QED) is 0.385. The van der Waals surface area contributed by atoms with Gasteiger partial charge in [0.05, 0.1) is 24.1 Å². The molecular weight excluding hydrogens is 551 g/mol. The van der Waals surface area contributed by atoms with Gasteiger partial charge in [-0.15, -0.1) is 0 Å². The number of hydrogen-bond acceptors (Lipinski definition) is 6. The van der Waals surface area contributed by atoms with Gasteiger partial charge in [0.2, 0.25) is 0 Å². The highest BCUT2D eigenvalue weighted by Crippen LogP contribution is 2.38. The number of alkyl carbamates (subject to hydrolysis) is 1. The van der Waals surface area contributed by atoms with E-state index in [-0.39, 0.29) is 18.6 Å². The van der Waals surface area contributed by atoms with Crippen molar-refractivity contribution in [2.24, 2.45) is 13.0 Å². The first kappa shape index (κ1) is 26.9. The summed E-state index contributed by atoms with van der Waals surface area (Å²) in [5.41, 5.74) is 3.43. The summed E-state index contributed by atoms with van der Waals surface area (Å²) in [6.45, 7) is 3.66. The molecule has 1 saturated carbocycles. The minimum Gasteiger partial charge on any atom is -0.446 e. The van der Waals surface area contributed by atoms with Crippen molar-refractivity contribution in [2.45, 2.75) is 44.9 Å². The number of hydrogen-bond donors (Lipinski definition) is 2. The fourth-order valence-electron chi connectivity index (χ4n) is 5.38. The van der Waals surface area contributed by atoms with Crippen LogP contribution < -0.4 is 15.5 Å². The molecule has 3 aliphatic rings. The first-order valence-corrected chi connectivity index (χ1v) is 14.4. The second-order valence-corrected chi connectivity index (χ2v) is 11.7. The third-order valence-corrected chi connectivity index (χ3v) is 8.42. The molecule has 2 amide bonds. The van der Waals surface area contributed by atoms with Crippen LogP contribution in [0.4, 0.5) is 22.0 Å². The number of nitrogens with zero attached hydrogens (tertiary/aromatic N) is 4. The maximum absolute atomic E-state index is 13.7. The van der Waals surface area contributed by atoms with E-state index in [1.165, 1.54) is 19.4 Å². The van der Waals surface area contributed by atoms with Crippen LogP contribution in [0.5, 0.6) is 0 Å². The minimum absolute atomic E-state index is 0.0628. The standard InChI is InChI=1S/C29H32Cl2N6O3/c1-35-27-21(15-33-35)17-37(26-7-6-22(30)13-25(26)34-27)28(38)19-4-5-20(24(31)12-19)14-32-29(39)40-23-8-10-36(11-9-23)16-18-2-3-18/h4-7,12-13,15,18,23,34H,2-3,8-11,14,16-17H2,1H3,(H,32,39). The number of aryl methyl sites for hydroxylation is 1. The number of ether oxygens (including phenoxy) is 1. The molecule has 0 unspecified atom stereocenters. The highest BCUT2D eigenvalue weighted by Gasteiger charge is 2.29. The number of carbonyl (C=O) groups excluding carboxylic acids is 2. The maximum Gasteiger partial charge on any atom is 0.407 e. The number of carbonyl (C=O) groups is 2. The van der Waals surface area contributed by atoms with Gasteiger partial charge in [-0.2, -0.15) is 5.10 Å². The Labute approximate surface area is 243 Å². The van der Waals surface area contributed by atoms with Gasteiger partial charge >= 0.3 is 6.09 Å². The second-order valence-electron chi connectivity index (χ2n) is 10.8. The Balaban J connectivity index is 1.09. The van der Waals surface area contributed by atoms with E-state index < -0.39 is 6.09 Å². The zero-order chi connectivity index (χ0) is 27.8. The van der Waals surface area contributed by atoms with Crippen LogP contribution in [0.3, 0.4) is 0 Å². The van der Waals surface area contributed by atoms with Crippen LogP contribution in [-0.2, 0) is 24.9 Å². The number of halogens is 2. The predicted molar refractivity (Wildman–Crippen MR) is 155 cm³/mol. The van der Waals surface area contributed by atoms with Crippen LogP contribution in [0, 0.1) is 5.92 Å². The molecule has 2 aliphatic heterocycles. The zero-order valence-electron chi connectivity index (χ0n) is 22.3. The van der Waals surface area contributed by atoms with E-state index in [0.717, 1.165) is 43.2 Å². The van der Waals surface area contributed by atoms with Crippen molar-refractivity contribution in [1.82, 2.24) is 20.0 Å². The Morgan fingerprint density at radius 1 is 1.10 bits per heavy atom. The van der Waals surface area contributed by atoms with Crippen molar-refractivity contribution in [3.05, 3.63) is 69.3 Å².